The maximum Gasteiger partial charge on any atom is 0.317 e. The molecule has 2 amide bonds. The van der Waals surface area contributed by atoms with Crippen molar-refractivity contribution >= 4 is 17.1 Å². The molecule has 1 saturated carbocycles. The Balaban J connectivity index is 1.21. The summed E-state index contributed by atoms with van der Waals surface area (Å²) < 4.78 is 4.27. The summed E-state index contributed by atoms with van der Waals surface area (Å²) in [5, 5.41) is 13.6. The highest BCUT2D eigenvalue weighted by Gasteiger charge is 2.46. The van der Waals surface area contributed by atoms with Crippen molar-refractivity contribution in [3.63, 3.8) is 0 Å². The summed E-state index contributed by atoms with van der Waals surface area (Å²) in [6, 6.07) is 6.55. The molecule has 1 saturated heterocycles. The summed E-state index contributed by atoms with van der Waals surface area (Å²) in [5.41, 5.74) is 6.35. The van der Waals surface area contributed by atoms with Gasteiger partial charge in [0, 0.05) is 78.9 Å². The van der Waals surface area contributed by atoms with Gasteiger partial charge in [0.1, 0.15) is 5.65 Å². The van der Waals surface area contributed by atoms with Crippen molar-refractivity contribution in [1.29, 1.82) is 0 Å². The number of carbonyl (C=O) groups excluding carboxylic acids is 1. The minimum atomic E-state index is 0.00240. The lowest BCUT2D eigenvalue weighted by Gasteiger charge is -2.23. The highest BCUT2D eigenvalue weighted by atomic mass is 16.2. The van der Waals surface area contributed by atoms with Crippen LogP contribution < -0.4 is 5.32 Å². The van der Waals surface area contributed by atoms with E-state index in [-0.39, 0.29) is 11.4 Å². The second-order valence-corrected chi connectivity index (χ2v) is 10.3. The van der Waals surface area contributed by atoms with Crippen LogP contribution >= 0.6 is 0 Å². The zero-order valence-corrected chi connectivity index (χ0v) is 20.0. The molecule has 180 valence electrons. The average molecular weight is 471 g/mol. The molecule has 7 rings (SSSR count). The molecule has 9 nitrogen and oxygen atoms in total. The van der Waals surface area contributed by atoms with Gasteiger partial charge in [-0.1, -0.05) is 0 Å². The smallest absolute Gasteiger partial charge is 0.317 e. The van der Waals surface area contributed by atoms with Gasteiger partial charge >= 0.3 is 6.03 Å². The number of likely N-dealkylation sites (tertiary alicyclic amines) is 1. The molecule has 4 aromatic rings. The standard InChI is InChI=1S/C26H30N8O/c1-2-27-25(35)32-9-6-26(16-32)7-10-33-23(26)12-21(31-33)18-11-19-20(14-29-24(19)28-13-18)22-5-8-30-34(22)15-17-3-4-17/h5,8,11-14,17H,2-4,6-7,9-10,15-16H2,1H3,(H,27,35)(H,28,29). The van der Waals surface area contributed by atoms with Gasteiger partial charge in [0.15, 0.2) is 0 Å². The molecule has 1 atom stereocenters. The first kappa shape index (κ1) is 20.7. The van der Waals surface area contributed by atoms with Crippen LogP contribution in [0.2, 0.25) is 0 Å². The number of fused-ring (bicyclic) bond motifs is 3. The Morgan fingerprint density at radius 2 is 2.14 bits per heavy atom. The highest BCUT2D eigenvalue weighted by molar-refractivity contribution is 5.94. The molecule has 2 N–H and O–H groups in total. The minimum Gasteiger partial charge on any atom is -0.345 e. The van der Waals surface area contributed by atoms with E-state index in [0.29, 0.717) is 6.54 Å². The number of hydrogen-bond acceptors (Lipinski definition) is 4. The van der Waals surface area contributed by atoms with Crippen LogP contribution in [0.15, 0.2) is 36.8 Å². The SMILES string of the molecule is CCNC(=O)N1CCC2(CCn3nc(-c4cnc5[nH]cc(-c6ccnn6CC6CC6)c5c4)cc32)C1. The van der Waals surface area contributed by atoms with Gasteiger partial charge in [-0.2, -0.15) is 10.2 Å². The average Bonchev–Trinajstić information content (AvgIpc) is 3.33. The third-order valence-electron chi connectivity index (χ3n) is 8.04. The fourth-order valence-corrected chi connectivity index (χ4v) is 5.93. The van der Waals surface area contributed by atoms with Gasteiger partial charge in [-0.05, 0) is 56.7 Å². The molecule has 9 heteroatoms. The Kier molecular flexibility index (Phi) is 4.56. The van der Waals surface area contributed by atoms with E-state index in [9.17, 15) is 4.79 Å². The van der Waals surface area contributed by atoms with Crippen molar-refractivity contribution in [3.05, 3.63) is 42.5 Å². The van der Waals surface area contributed by atoms with Gasteiger partial charge in [0.2, 0.25) is 0 Å². The minimum absolute atomic E-state index is 0.00240. The molecule has 0 radical (unpaired) electrons. The summed E-state index contributed by atoms with van der Waals surface area (Å²) >= 11 is 0. The van der Waals surface area contributed by atoms with Crippen molar-refractivity contribution in [1.82, 2.24) is 39.7 Å². The van der Waals surface area contributed by atoms with Crippen LogP contribution in [-0.2, 0) is 18.5 Å². The summed E-state index contributed by atoms with van der Waals surface area (Å²) in [7, 11) is 0. The lowest BCUT2D eigenvalue weighted by atomic mass is 9.82. The highest BCUT2D eigenvalue weighted by Crippen LogP contribution is 2.44. The molecule has 4 aromatic heterocycles. The zero-order chi connectivity index (χ0) is 23.6. The Morgan fingerprint density at radius 1 is 1.26 bits per heavy atom. The van der Waals surface area contributed by atoms with Crippen molar-refractivity contribution in [2.45, 2.75) is 51.1 Å². The third kappa shape index (κ3) is 3.36. The van der Waals surface area contributed by atoms with Gasteiger partial charge in [-0.25, -0.2) is 9.78 Å². The van der Waals surface area contributed by atoms with E-state index in [1.807, 2.05) is 30.4 Å². The molecule has 1 aliphatic carbocycles. The Hall–Kier alpha value is -3.62. The molecule has 0 aromatic carbocycles. The van der Waals surface area contributed by atoms with Gasteiger partial charge in [0.25, 0.3) is 0 Å². The molecular weight excluding hydrogens is 440 g/mol. The number of urea groups is 1. The van der Waals surface area contributed by atoms with Crippen molar-refractivity contribution in [2.24, 2.45) is 5.92 Å². The Bertz CT molecular complexity index is 1430. The van der Waals surface area contributed by atoms with E-state index in [1.165, 1.54) is 18.5 Å². The Morgan fingerprint density at radius 3 is 3.00 bits per heavy atom. The zero-order valence-electron chi connectivity index (χ0n) is 20.0. The number of nitrogens with zero attached hydrogens (tertiary/aromatic N) is 6. The topological polar surface area (TPSA) is 96.7 Å². The molecule has 35 heavy (non-hydrogen) atoms. The van der Waals surface area contributed by atoms with E-state index in [4.69, 9.17) is 10.1 Å². The van der Waals surface area contributed by atoms with Crippen LogP contribution in [-0.4, -0.2) is 60.1 Å². The van der Waals surface area contributed by atoms with Gasteiger partial charge in [-0.3, -0.25) is 9.36 Å². The van der Waals surface area contributed by atoms with Crippen LogP contribution in [0.3, 0.4) is 0 Å². The van der Waals surface area contributed by atoms with E-state index >= 15 is 0 Å². The number of aromatic amines is 1. The summed E-state index contributed by atoms with van der Waals surface area (Å²) in [5.74, 6) is 0.757. The van der Waals surface area contributed by atoms with E-state index < -0.39 is 0 Å². The molecule has 2 fully saturated rings. The summed E-state index contributed by atoms with van der Waals surface area (Å²) in [4.78, 5) is 22.4. The van der Waals surface area contributed by atoms with Crippen molar-refractivity contribution in [3.8, 4) is 22.5 Å². The van der Waals surface area contributed by atoms with Crippen LogP contribution in [0.4, 0.5) is 4.79 Å². The molecule has 2 aliphatic heterocycles. The molecule has 6 heterocycles. The van der Waals surface area contributed by atoms with Crippen LogP contribution in [0, 0.1) is 5.92 Å². The number of hydrogen-bond donors (Lipinski definition) is 2. The number of nitrogens with one attached hydrogen (secondary N) is 2. The van der Waals surface area contributed by atoms with E-state index in [0.717, 1.165) is 78.5 Å². The second kappa shape index (κ2) is 7.69. The number of aryl methyl sites for hydroxylation is 1. The van der Waals surface area contributed by atoms with Crippen LogP contribution in [0.1, 0.15) is 38.3 Å². The predicted octanol–water partition coefficient (Wildman–Crippen LogP) is 3.78. The normalized spacial score (nSPS) is 21.3. The van der Waals surface area contributed by atoms with Crippen molar-refractivity contribution < 1.29 is 4.79 Å². The first-order valence-electron chi connectivity index (χ1n) is 12.7. The number of aromatic nitrogens is 6. The number of carbonyl (C=O) groups is 1. The predicted molar refractivity (Wildman–Crippen MR) is 133 cm³/mol. The first-order chi connectivity index (χ1) is 17.1. The quantitative estimate of drug-likeness (QED) is 0.464. The van der Waals surface area contributed by atoms with Crippen LogP contribution in [0.5, 0.6) is 0 Å². The number of rotatable bonds is 5. The van der Waals surface area contributed by atoms with Gasteiger partial charge in [-0.15, -0.1) is 0 Å². The second-order valence-electron chi connectivity index (χ2n) is 10.3. The summed E-state index contributed by atoms with van der Waals surface area (Å²) in [6.07, 6.45) is 10.5. The lowest BCUT2D eigenvalue weighted by molar-refractivity contribution is 0.206. The fraction of sp³-hybridized carbons (Fsp3) is 0.462. The molecule has 1 spiro atoms. The largest absolute Gasteiger partial charge is 0.345 e. The molecule has 1 unspecified atom stereocenters. The molecule has 0 bridgehead atoms. The lowest BCUT2D eigenvalue weighted by Crippen LogP contribution is -2.40. The summed E-state index contributed by atoms with van der Waals surface area (Å²) in [6.45, 7) is 6.04. The van der Waals surface area contributed by atoms with Gasteiger partial charge < -0.3 is 15.2 Å². The number of H-pyrrole nitrogens is 1. The van der Waals surface area contributed by atoms with E-state index in [2.05, 4.69) is 43.0 Å². The fourth-order valence-electron chi connectivity index (χ4n) is 5.93. The first-order valence-corrected chi connectivity index (χ1v) is 12.7. The Labute approximate surface area is 203 Å². The maximum atomic E-state index is 12.4. The third-order valence-corrected chi connectivity index (χ3v) is 8.04. The van der Waals surface area contributed by atoms with Gasteiger partial charge in [0.05, 0.1) is 11.4 Å². The number of pyridine rings is 1. The van der Waals surface area contributed by atoms with E-state index in [1.54, 1.807) is 0 Å². The monoisotopic (exact) mass is 470 g/mol. The maximum absolute atomic E-state index is 12.4. The number of amides is 2. The van der Waals surface area contributed by atoms with Crippen molar-refractivity contribution in [2.75, 3.05) is 19.6 Å². The molecular formula is C26H30N8O. The molecule has 3 aliphatic rings. The van der Waals surface area contributed by atoms with Crippen LogP contribution in [0.25, 0.3) is 33.5 Å².